The van der Waals surface area contributed by atoms with Gasteiger partial charge in [0, 0.05) is 19.1 Å². The van der Waals surface area contributed by atoms with Crippen LogP contribution in [0.5, 0.6) is 0 Å². The smallest absolute Gasteiger partial charge is 0.317 e. The lowest BCUT2D eigenvalue weighted by Crippen LogP contribution is -2.44. The van der Waals surface area contributed by atoms with Crippen molar-refractivity contribution in [3.8, 4) is 0 Å². The first-order valence-corrected chi connectivity index (χ1v) is 6.37. The highest BCUT2D eigenvalue weighted by atomic mass is 16.4. The molecule has 2 amide bonds. The van der Waals surface area contributed by atoms with Crippen LogP contribution < -0.4 is 5.32 Å². The molecule has 2 aliphatic rings. The quantitative estimate of drug-likeness (QED) is 0.778. The molecule has 1 saturated heterocycles. The van der Waals surface area contributed by atoms with Gasteiger partial charge in [-0.2, -0.15) is 0 Å². The Morgan fingerprint density at radius 3 is 2.59 bits per heavy atom. The molecule has 1 aliphatic carbocycles. The summed E-state index contributed by atoms with van der Waals surface area (Å²) >= 11 is 0. The Kier molecular flexibility index (Phi) is 3.54. The molecule has 0 aromatic heterocycles. The zero-order chi connectivity index (χ0) is 12.4. The van der Waals surface area contributed by atoms with E-state index in [4.69, 9.17) is 5.11 Å². The molecule has 1 aliphatic heterocycles. The van der Waals surface area contributed by atoms with Crippen molar-refractivity contribution in [1.29, 1.82) is 0 Å². The van der Waals surface area contributed by atoms with Crippen molar-refractivity contribution in [3.63, 3.8) is 0 Å². The SMILES string of the molecule is CC1C(C(=O)O)CCN1C(=O)NCCC1CC1. The zero-order valence-electron chi connectivity index (χ0n) is 10.2. The standard InChI is InChI=1S/C12H20N2O3/c1-8-10(11(15)16)5-7-14(8)12(17)13-6-4-9-2-3-9/h8-10H,2-7H2,1H3,(H,13,17)(H,15,16). The molecular weight excluding hydrogens is 220 g/mol. The van der Waals surface area contributed by atoms with E-state index in [0.29, 0.717) is 19.5 Å². The summed E-state index contributed by atoms with van der Waals surface area (Å²) in [4.78, 5) is 24.4. The molecule has 96 valence electrons. The Balaban J connectivity index is 1.76. The molecule has 0 spiro atoms. The van der Waals surface area contributed by atoms with E-state index in [2.05, 4.69) is 5.32 Å². The number of amides is 2. The molecule has 2 rings (SSSR count). The van der Waals surface area contributed by atoms with Gasteiger partial charge in [0.05, 0.1) is 5.92 Å². The first kappa shape index (κ1) is 12.2. The van der Waals surface area contributed by atoms with Crippen molar-refractivity contribution in [2.24, 2.45) is 11.8 Å². The minimum absolute atomic E-state index is 0.109. The van der Waals surface area contributed by atoms with E-state index in [0.717, 1.165) is 12.3 Å². The third-order valence-electron chi connectivity index (χ3n) is 3.86. The minimum Gasteiger partial charge on any atom is -0.481 e. The van der Waals surface area contributed by atoms with Gasteiger partial charge in [-0.1, -0.05) is 12.8 Å². The number of carbonyl (C=O) groups excluding carboxylic acids is 1. The van der Waals surface area contributed by atoms with Crippen LogP contribution in [0, 0.1) is 11.8 Å². The highest BCUT2D eigenvalue weighted by Gasteiger charge is 2.38. The predicted octanol–water partition coefficient (Wildman–Crippen LogP) is 1.29. The number of aliphatic carboxylic acids is 1. The number of hydrogen-bond donors (Lipinski definition) is 2. The Bertz CT molecular complexity index is 315. The van der Waals surface area contributed by atoms with Gasteiger partial charge >= 0.3 is 12.0 Å². The van der Waals surface area contributed by atoms with Gasteiger partial charge in [-0.05, 0) is 25.7 Å². The second-order valence-corrected chi connectivity index (χ2v) is 5.13. The highest BCUT2D eigenvalue weighted by molar-refractivity contribution is 5.78. The van der Waals surface area contributed by atoms with Gasteiger partial charge < -0.3 is 15.3 Å². The van der Waals surface area contributed by atoms with Crippen molar-refractivity contribution >= 4 is 12.0 Å². The van der Waals surface area contributed by atoms with Gasteiger partial charge in [-0.15, -0.1) is 0 Å². The average Bonchev–Trinajstić information content (AvgIpc) is 2.99. The summed E-state index contributed by atoms with van der Waals surface area (Å²) in [5.74, 6) is -0.409. The molecule has 5 heteroatoms. The summed E-state index contributed by atoms with van der Waals surface area (Å²) in [6.07, 6.45) is 4.19. The fraction of sp³-hybridized carbons (Fsp3) is 0.833. The molecule has 0 aromatic carbocycles. The van der Waals surface area contributed by atoms with Gasteiger partial charge in [0.2, 0.25) is 0 Å². The Morgan fingerprint density at radius 1 is 1.35 bits per heavy atom. The third kappa shape index (κ3) is 2.90. The maximum atomic E-state index is 11.8. The summed E-state index contributed by atoms with van der Waals surface area (Å²) < 4.78 is 0. The molecule has 1 heterocycles. The topological polar surface area (TPSA) is 69.6 Å². The van der Waals surface area contributed by atoms with Gasteiger partial charge in [-0.25, -0.2) is 4.79 Å². The van der Waals surface area contributed by atoms with Crippen LogP contribution in [0.25, 0.3) is 0 Å². The van der Waals surface area contributed by atoms with Gasteiger partial charge in [0.1, 0.15) is 0 Å². The second kappa shape index (κ2) is 4.94. The van der Waals surface area contributed by atoms with Gasteiger partial charge in [0.25, 0.3) is 0 Å². The molecule has 1 saturated carbocycles. The van der Waals surface area contributed by atoms with Gasteiger partial charge in [-0.3, -0.25) is 4.79 Å². The van der Waals surface area contributed by atoms with E-state index in [1.165, 1.54) is 12.8 Å². The summed E-state index contributed by atoms with van der Waals surface area (Å²) in [6, 6.07) is -0.310. The highest BCUT2D eigenvalue weighted by Crippen LogP contribution is 2.31. The zero-order valence-corrected chi connectivity index (χ0v) is 10.2. The molecule has 2 fully saturated rings. The second-order valence-electron chi connectivity index (χ2n) is 5.13. The first-order chi connectivity index (χ1) is 8.09. The van der Waals surface area contributed by atoms with Crippen LogP contribution in [0.2, 0.25) is 0 Å². The lowest BCUT2D eigenvalue weighted by molar-refractivity contribution is -0.142. The molecule has 17 heavy (non-hydrogen) atoms. The summed E-state index contributed by atoms with van der Waals surface area (Å²) in [5, 5.41) is 11.9. The minimum atomic E-state index is -0.800. The van der Waals surface area contributed by atoms with Crippen LogP contribution >= 0.6 is 0 Å². The number of nitrogens with zero attached hydrogens (tertiary/aromatic N) is 1. The van der Waals surface area contributed by atoms with E-state index < -0.39 is 11.9 Å². The number of rotatable bonds is 4. The van der Waals surface area contributed by atoms with E-state index in [1.807, 2.05) is 6.92 Å². The van der Waals surface area contributed by atoms with Crippen molar-refractivity contribution in [1.82, 2.24) is 10.2 Å². The predicted molar refractivity (Wildman–Crippen MR) is 62.7 cm³/mol. The molecule has 2 unspecified atom stereocenters. The van der Waals surface area contributed by atoms with E-state index in [1.54, 1.807) is 4.90 Å². The molecule has 2 atom stereocenters. The molecule has 5 nitrogen and oxygen atoms in total. The molecule has 0 aromatic rings. The molecule has 0 bridgehead atoms. The first-order valence-electron chi connectivity index (χ1n) is 6.37. The van der Waals surface area contributed by atoms with Crippen LogP contribution in [-0.4, -0.2) is 41.1 Å². The molecule has 0 radical (unpaired) electrons. The fourth-order valence-electron chi connectivity index (χ4n) is 2.45. The Morgan fingerprint density at radius 2 is 2.06 bits per heavy atom. The van der Waals surface area contributed by atoms with Crippen molar-refractivity contribution in [3.05, 3.63) is 0 Å². The number of carboxylic acid groups (broad SMARTS) is 1. The number of likely N-dealkylation sites (tertiary alicyclic amines) is 1. The van der Waals surface area contributed by atoms with Crippen LogP contribution in [0.15, 0.2) is 0 Å². The van der Waals surface area contributed by atoms with Crippen molar-refractivity contribution in [2.45, 2.75) is 38.6 Å². The lowest BCUT2D eigenvalue weighted by atomic mass is 10.0. The third-order valence-corrected chi connectivity index (χ3v) is 3.86. The van der Waals surface area contributed by atoms with Crippen LogP contribution in [0.3, 0.4) is 0 Å². The lowest BCUT2D eigenvalue weighted by Gasteiger charge is -2.23. The van der Waals surface area contributed by atoms with Gasteiger partial charge in [0.15, 0.2) is 0 Å². The Hall–Kier alpha value is -1.26. The van der Waals surface area contributed by atoms with Crippen LogP contribution in [0.1, 0.15) is 32.6 Å². The van der Waals surface area contributed by atoms with Crippen molar-refractivity contribution < 1.29 is 14.7 Å². The van der Waals surface area contributed by atoms with E-state index >= 15 is 0 Å². The number of hydrogen-bond acceptors (Lipinski definition) is 2. The summed E-state index contributed by atoms with van der Waals surface area (Å²) in [5.41, 5.74) is 0. The molecule has 2 N–H and O–H groups in total. The fourth-order valence-corrected chi connectivity index (χ4v) is 2.45. The Labute approximate surface area is 101 Å². The number of urea groups is 1. The van der Waals surface area contributed by atoms with E-state index in [-0.39, 0.29) is 12.1 Å². The normalized spacial score (nSPS) is 28.2. The van der Waals surface area contributed by atoms with E-state index in [9.17, 15) is 9.59 Å². The average molecular weight is 240 g/mol. The molecular formula is C12H20N2O3. The number of carboxylic acids is 1. The number of nitrogens with one attached hydrogen (secondary N) is 1. The summed E-state index contributed by atoms with van der Waals surface area (Å²) in [6.45, 7) is 3.07. The summed E-state index contributed by atoms with van der Waals surface area (Å²) in [7, 11) is 0. The monoisotopic (exact) mass is 240 g/mol. The van der Waals surface area contributed by atoms with Crippen LogP contribution in [-0.2, 0) is 4.79 Å². The largest absolute Gasteiger partial charge is 0.481 e. The van der Waals surface area contributed by atoms with Crippen molar-refractivity contribution in [2.75, 3.05) is 13.1 Å². The maximum Gasteiger partial charge on any atom is 0.317 e. The van der Waals surface area contributed by atoms with Crippen LogP contribution in [0.4, 0.5) is 4.79 Å². The maximum absolute atomic E-state index is 11.8. The number of carbonyl (C=O) groups is 2.